The van der Waals surface area contributed by atoms with Crippen molar-refractivity contribution in [3.8, 4) is 0 Å². The highest BCUT2D eigenvalue weighted by Gasteiger charge is 2.22. The van der Waals surface area contributed by atoms with Crippen LogP contribution in [0.3, 0.4) is 0 Å². The molecule has 21 heavy (non-hydrogen) atoms. The molecule has 1 saturated heterocycles. The van der Waals surface area contributed by atoms with Gasteiger partial charge in [0.1, 0.15) is 0 Å². The molecule has 2 aromatic rings. The number of imidazole rings is 1. The van der Waals surface area contributed by atoms with Gasteiger partial charge in [0.25, 0.3) is 0 Å². The van der Waals surface area contributed by atoms with Crippen LogP contribution in [0.4, 0.5) is 5.82 Å². The van der Waals surface area contributed by atoms with Crippen LogP contribution in [0.15, 0.2) is 11.6 Å². The van der Waals surface area contributed by atoms with Crippen LogP contribution in [-0.4, -0.2) is 77.7 Å². The maximum absolute atomic E-state index is 9.65. The normalized spacial score (nSPS) is 17.2. The number of aliphatic hydroxyl groups is 1. The average Bonchev–Trinajstić information content (AvgIpc) is 3.05. The summed E-state index contributed by atoms with van der Waals surface area (Å²) in [6.07, 6.45) is 1.98. The number of aromatic nitrogens is 2. The summed E-state index contributed by atoms with van der Waals surface area (Å²) in [7, 11) is 4.23. The number of fused-ring (bicyclic) bond motifs is 1. The van der Waals surface area contributed by atoms with Gasteiger partial charge in [-0.25, -0.2) is 4.98 Å². The van der Waals surface area contributed by atoms with Gasteiger partial charge in [-0.1, -0.05) is 0 Å². The molecule has 0 saturated carbocycles. The molecule has 3 heterocycles. The highest BCUT2D eigenvalue weighted by molar-refractivity contribution is 7.15. The molecule has 6 nitrogen and oxygen atoms in total. The van der Waals surface area contributed by atoms with Crippen LogP contribution in [0.1, 0.15) is 5.69 Å². The summed E-state index contributed by atoms with van der Waals surface area (Å²) in [5, 5.41) is 11.7. The maximum Gasteiger partial charge on any atom is 0.195 e. The molecule has 1 N–H and O–H groups in total. The van der Waals surface area contributed by atoms with Crippen molar-refractivity contribution >= 4 is 22.1 Å². The van der Waals surface area contributed by atoms with Crippen molar-refractivity contribution in [1.82, 2.24) is 19.2 Å². The van der Waals surface area contributed by atoms with Crippen molar-refractivity contribution in [2.75, 3.05) is 58.3 Å². The van der Waals surface area contributed by atoms with Gasteiger partial charge in [0, 0.05) is 50.8 Å². The number of rotatable bonds is 5. The van der Waals surface area contributed by atoms with Gasteiger partial charge < -0.3 is 14.9 Å². The van der Waals surface area contributed by atoms with Crippen molar-refractivity contribution < 1.29 is 5.11 Å². The topological polar surface area (TPSA) is 47.2 Å². The van der Waals surface area contributed by atoms with E-state index in [0.717, 1.165) is 55.7 Å². The van der Waals surface area contributed by atoms with Crippen molar-refractivity contribution in [2.45, 2.75) is 6.61 Å². The molecule has 0 aromatic carbocycles. The van der Waals surface area contributed by atoms with E-state index < -0.39 is 0 Å². The van der Waals surface area contributed by atoms with E-state index >= 15 is 0 Å². The first-order chi connectivity index (χ1) is 10.2. The molecule has 0 spiro atoms. The molecule has 0 radical (unpaired) electrons. The van der Waals surface area contributed by atoms with E-state index in [-0.39, 0.29) is 6.61 Å². The second-order valence-corrected chi connectivity index (χ2v) is 6.60. The van der Waals surface area contributed by atoms with Gasteiger partial charge in [0.2, 0.25) is 0 Å². The molecule has 0 bridgehead atoms. The summed E-state index contributed by atoms with van der Waals surface area (Å²) >= 11 is 1.61. The fourth-order valence-electron chi connectivity index (χ4n) is 2.75. The van der Waals surface area contributed by atoms with Gasteiger partial charge in [-0.3, -0.25) is 9.30 Å². The first-order valence-electron chi connectivity index (χ1n) is 7.36. The first kappa shape index (κ1) is 14.8. The predicted octanol–water partition coefficient (Wildman–Crippen LogP) is 0.572. The molecule has 2 aromatic heterocycles. The van der Waals surface area contributed by atoms with Crippen molar-refractivity contribution in [2.24, 2.45) is 0 Å². The van der Waals surface area contributed by atoms with Crippen LogP contribution in [0.5, 0.6) is 0 Å². The summed E-state index contributed by atoms with van der Waals surface area (Å²) < 4.78 is 2.00. The van der Waals surface area contributed by atoms with Crippen LogP contribution in [0.2, 0.25) is 0 Å². The predicted molar refractivity (Wildman–Crippen MR) is 86.2 cm³/mol. The Balaban J connectivity index is 1.66. The fraction of sp³-hybridized carbons (Fsp3) is 0.643. The Morgan fingerprint density at radius 1 is 1.29 bits per heavy atom. The molecule has 1 aliphatic heterocycles. The maximum atomic E-state index is 9.65. The number of hydrogen-bond acceptors (Lipinski definition) is 6. The molecule has 0 amide bonds. The number of nitrogens with zero attached hydrogens (tertiary/aromatic N) is 5. The second kappa shape index (κ2) is 6.31. The summed E-state index contributed by atoms with van der Waals surface area (Å²) in [6.45, 7) is 6.33. The zero-order valence-corrected chi connectivity index (χ0v) is 13.5. The standard InChI is InChI=1S/C14H23N5OS/c1-16(2)3-4-17-5-7-18(8-6-17)13-12(11-20)19-9-10-21-14(19)15-13/h9-10,20H,3-8,11H2,1-2H3. The summed E-state index contributed by atoms with van der Waals surface area (Å²) in [4.78, 5) is 12.7. The molecule has 1 aliphatic rings. The third-order valence-corrected chi connectivity index (χ3v) is 4.78. The van der Waals surface area contributed by atoms with Crippen molar-refractivity contribution in [3.05, 3.63) is 17.3 Å². The number of thiazole rings is 1. The molecule has 116 valence electrons. The SMILES string of the molecule is CN(C)CCN1CCN(c2nc3sccn3c2CO)CC1. The van der Waals surface area contributed by atoms with E-state index in [1.54, 1.807) is 11.3 Å². The zero-order chi connectivity index (χ0) is 14.8. The third-order valence-electron chi connectivity index (χ3n) is 4.02. The van der Waals surface area contributed by atoms with E-state index in [2.05, 4.69) is 33.8 Å². The minimum absolute atomic E-state index is 0.0358. The molecular formula is C14H23N5OS. The van der Waals surface area contributed by atoms with Gasteiger partial charge in [0.15, 0.2) is 10.8 Å². The average molecular weight is 309 g/mol. The second-order valence-electron chi connectivity index (χ2n) is 5.73. The molecule has 0 aliphatic carbocycles. The minimum atomic E-state index is 0.0358. The van der Waals surface area contributed by atoms with Gasteiger partial charge in [-0.05, 0) is 14.1 Å². The lowest BCUT2D eigenvalue weighted by atomic mass is 10.3. The fourth-order valence-corrected chi connectivity index (χ4v) is 3.47. The van der Waals surface area contributed by atoms with Crippen LogP contribution >= 0.6 is 11.3 Å². The van der Waals surface area contributed by atoms with E-state index in [4.69, 9.17) is 0 Å². The smallest absolute Gasteiger partial charge is 0.195 e. The number of piperazine rings is 1. The molecule has 7 heteroatoms. The van der Waals surface area contributed by atoms with Gasteiger partial charge in [0.05, 0.1) is 12.3 Å². The number of likely N-dealkylation sites (N-methyl/N-ethyl adjacent to an activating group) is 1. The highest BCUT2D eigenvalue weighted by atomic mass is 32.1. The largest absolute Gasteiger partial charge is 0.390 e. The Morgan fingerprint density at radius 2 is 2.05 bits per heavy atom. The quantitative estimate of drug-likeness (QED) is 0.875. The lowest BCUT2D eigenvalue weighted by Gasteiger charge is -2.35. The molecule has 3 rings (SSSR count). The van der Waals surface area contributed by atoms with Crippen LogP contribution in [0, 0.1) is 0 Å². The monoisotopic (exact) mass is 309 g/mol. The minimum Gasteiger partial charge on any atom is -0.390 e. The van der Waals surface area contributed by atoms with Gasteiger partial charge in [-0.2, -0.15) is 0 Å². The van der Waals surface area contributed by atoms with Crippen molar-refractivity contribution in [3.63, 3.8) is 0 Å². The van der Waals surface area contributed by atoms with E-state index in [0.29, 0.717) is 0 Å². The summed E-state index contributed by atoms with van der Waals surface area (Å²) in [5.74, 6) is 0.955. The van der Waals surface area contributed by atoms with Crippen LogP contribution < -0.4 is 4.90 Å². The lowest BCUT2D eigenvalue weighted by molar-refractivity contribution is 0.228. The van der Waals surface area contributed by atoms with Crippen molar-refractivity contribution in [1.29, 1.82) is 0 Å². The molecular weight excluding hydrogens is 286 g/mol. The zero-order valence-electron chi connectivity index (χ0n) is 12.7. The van der Waals surface area contributed by atoms with E-state index in [1.807, 2.05) is 16.0 Å². The van der Waals surface area contributed by atoms with Gasteiger partial charge in [-0.15, -0.1) is 11.3 Å². The number of anilines is 1. The summed E-state index contributed by atoms with van der Waals surface area (Å²) in [6, 6.07) is 0. The third kappa shape index (κ3) is 3.06. The Kier molecular flexibility index (Phi) is 4.44. The molecule has 1 fully saturated rings. The Bertz CT molecular complexity index is 585. The van der Waals surface area contributed by atoms with Gasteiger partial charge >= 0.3 is 0 Å². The number of hydrogen-bond donors (Lipinski definition) is 1. The molecule has 0 atom stereocenters. The van der Waals surface area contributed by atoms with E-state index in [1.165, 1.54) is 0 Å². The van der Waals surface area contributed by atoms with Crippen LogP contribution in [-0.2, 0) is 6.61 Å². The van der Waals surface area contributed by atoms with E-state index in [9.17, 15) is 5.11 Å². The lowest BCUT2D eigenvalue weighted by Crippen LogP contribution is -2.48. The first-order valence-corrected chi connectivity index (χ1v) is 8.24. The molecule has 0 unspecified atom stereocenters. The Morgan fingerprint density at radius 3 is 2.71 bits per heavy atom. The van der Waals surface area contributed by atoms with Crippen LogP contribution in [0.25, 0.3) is 4.96 Å². The number of aliphatic hydroxyl groups excluding tert-OH is 1. The summed E-state index contributed by atoms with van der Waals surface area (Å²) in [5.41, 5.74) is 0.910. The Hall–Kier alpha value is -1.15. The Labute approximate surface area is 129 Å². The highest BCUT2D eigenvalue weighted by Crippen LogP contribution is 2.25.